The molecule has 6 heteroatoms. The molecule has 0 spiro atoms. The third-order valence-electron chi connectivity index (χ3n) is 4.10. The first-order chi connectivity index (χ1) is 11.8. The van der Waals surface area contributed by atoms with Crippen molar-refractivity contribution in [2.24, 2.45) is 10.7 Å². The Labute approximate surface area is 165 Å². The molecule has 0 saturated heterocycles. The fourth-order valence-electron chi connectivity index (χ4n) is 2.85. The first-order valence-electron chi connectivity index (χ1n) is 8.17. The van der Waals surface area contributed by atoms with E-state index in [1.54, 1.807) is 7.11 Å². The molecular weight excluding hydrogens is 429 g/mol. The van der Waals surface area contributed by atoms with Crippen LogP contribution in [0.4, 0.5) is 0 Å². The molecule has 5 nitrogen and oxygen atoms in total. The van der Waals surface area contributed by atoms with Crippen LogP contribution in [0.15, 0.2) is 53.5 Å². The summed E-state index contributed by atoms with van der Waals surface area (Å²) in [7, 11) is 1.67. The van der Waals surface area contributed by atoms with E-state index < -0.39 is 0 Å². The first-order valence-corrected chi connectivity index (χ1v) is 8.17. The van der Waals surface area contributed by atoms with E-state index in [4.69, 9.17) is 15.2 Å². The molecule has 0 saturated carbocycles. The Morgan fingerprint density at radius 3 is 2.96 bits per heavy atom. The second-order valence-corrected chi connectivity index (χ2v) is 5.74. The molecule has 0 fully saturated rings. The lowest BCUT2D eigenvalue weighted by Gasteiger charge is -2.26. The topological polar surface area (TPSA) is 68.9 Å². The molecule has 1 unspecified atom stereocenters. The lowest BCUT2D eigenvalue weighted by atomic mass is 10.0. The number of nitrogens with two attached hydrogens (primary N) is 1. The van der Waals surface area contributed by atoms with Crippen molar-refractivity contribution in [3.63, 3.8) is 0 Å². The van der Waals surface area contributed by atoms with Gasteiger partial charge < -0.3 is 20.5 Å². The van der Waals surface area contributed by atoms with Crippen molar-refractivity contribution in [1.82, 2.24) is 5.32 Å². The monoisotopic (exact) mass is 453 g/mol. The van der Waals surface area contributed by atoms with Gasteiger partial charge in [0.25, 0.3) is 0 Å². The molecule has 0 amide bonds. The van der Waals surface area contributed by atoms with E-state index in [9.17, 15) is 0 Å². The summed E-state index contributed by atoms with van der Waals surface area (Å²) in [5.41, 5.74) is 8.37. The Balaban J connectivity index is 0.00000225. The minimum atomic E-state index is 0. The summed E-state index contributed by atoms with van der Waals surface area (Å²) in [6.07, 6.45) is 1.70. The number of aliphatic imine (C=N–C) groups is 1. The second kappa shape index (κ2) is 9.50. The van der Waals surface area contributed by atoms with E-state index in [0.29, 0.717) is 19.1 Å². The Morgan fingerprint density at radius 2 is 2.12 bits per heavy atom. The van der Waals surface area contributed by atoms with Crippen LogP contribution in [0.2, 0.25) is 0 Å². The molecular formula is C19H24IN3O2. The van der Waals surface area contributed by atoms with Crippen molar-refractivity contribution in [1.29, 1.82) is 0 Å². The van der Waals surface area contributed by atoms with Gasteiger partial charge >= 0.3 is 0 Å². The van der Waals surface area contributed by atoms with Crippen LogP contribution in [0.25, 0.3) is 0 Å². The van der Waals surface area contributed by atoms with Crippen LogP contribution in [-0.4, -0.2) is 26.2 Å². The highest BCUT2D eigenvalue weighted by Gasteiger charge is 2.21. The predicted octanol–water partition coefficient (Wildman–Crippen LogP) is 3.28. The van der Waals surface area contributed by atoms with Crippen LogP contribution < -0.4 is 20.5 Å². The molecule has 3 rings (SSSR count). The van der Waals surface area contributed by atoms with Gasteiger partial charge in [0.05, 0.1) is 19.8 Å². The molecule has 25 heavy (non-hydrogen) atoms. The zero-order chi connectivity index (χ0) is 16.8. The number of para-hydroxylation sites is 1. The highest BCUT2D eigenvalue weighted by Crippen LogP contribution is 2.31. The number of fused-ring (bicyclic) bond motifs is 1. The van der Waals surface area contributed by atoms with Gasteiger partial charge in [-0.25, -0.2) is 0 Å². The molecule has 2 aromatic carbocycles. The number of nitrogens with zero attached hydrogens (tertiary/aromatic N) is 1. The van der Waals surface area contributed by atoms with Crippen LogP contribution in [0.3, 0.4) is 0 Å². The zero-order valence-corrected chi connectivity index (χ0v) is 16.6. The molecule has 134 valence electrons. The van der Waals surface area contributed by atoms with Gasteiger partial charge in [0.2, 0.25) is 0 Å². The van der Waals surface area contributed by atoms with Gasteiger partial charge in [-0.2, -0.15) is 0 Å². The average Bonchev–Trinajstić information content (AvgIpc) is 2.62. The Bertz CT molecular complexity index is 721. The van der Waals surface area contributed by atoms with E-state index in [1.165, 1.54) is 5.56 Å². The smallest absolute Gasteiger partial charge is 0.189 e. The maximum Gasteiger partial charge on any atom is 0.189 e. The van der Waals surface area contributed by atoms with E-state index >= 15 is 0 Å². The average molecular weight is 453 g/mol. The van der Waals surface area contributed by atoms with E-state index in [1.807, 2.05) is 36.4 Å². The minimum Gasteiger partial charge on any atom is -0.497 e. The number of hydrogen-bond acceptors (Lipinski definition) is 3. The predicted molar refractivity (Wildman–Crippen MR) is 111 cm³/mol. The van der Waals surface area contributed by atoms with Crippen LogP contribution in [0, 0.1) is 0 Å². The molecule has 1 aliphatic rings. The number of rotatable bonds is 5. The molecule has 2 aromatic rings. The number of nitrogens with one attached hydrogen (secondary N) is 1. The van der Waals surface area contributed by atoms with Gasteiger partial charge in [0, 0.05) is 18.5 Å². The molecule has 1 aliphatic heterocycles. The van der Waals surface area contributed by atoms with Gasteiger partial charge in [-0.05, 0) is 30.2 Å². The molecule has 0 bridgehead atoms. The highest BCUT2D eigenvalue weighted by atomic mass is 127. The van der Waals surface area contributed by atoms with Gasteiger partial charge in [-0.15, -0.1) is 24.0 Å². The SMILES string of the molecule is COc1cccc(CCN=C(N)NC2CCOc3ccccc32)c1.I. The fraction of sp³-hybridized carbons (Fsp3) is 0.316. The molecule has 0 aliphatic carbocycles. The minimum absolute atomic E-state index is 0. The van der Waals surface area contributed by atoms with Crippen LogP contribution in [0.5, 0.6) is 11.5 Å². The lowest BCUT2D eigenvalue weighted by molar-refractivity contribution is 0.262. The first kappa shape index (κ1) is 19.4. The van der Waals surface area contributed by atoms with Crippen LogP contribution >= 0.6 is 24.0 Å². The van der Waals surface area contributed by atoms with Crippen molar-refractivity contribution < 1.29 is 9.47 Å². The van der Waals surface area contributed by atoms with E-state index in [0.717, 1.165) is 29.9 Å². The summed E-state index contributed by atoms with van der Waals surface area (Å²) >= 11 is 0. The van der Waals surface area contributed by atoms with Gasteiger partial charge in [-0.1, -0.05) is 30.3 Å². The summed E-state index contributed by atoms with van der Waals surface area (Å²) < 4.78 is 10.9. The maximum absolute atomic E-state index is 6.06. The van der Waals surface area contributed by atoms with Gasteiger partial charge in [-0.3, -0.25) is 4.99 Å². The number of guanidine groups is 1. The summed E-state index contributed by atoms with van der Waals surface area (Å²) in [5.74, 6) is 2.26. The fourth-order valence-corrected chi connectivity index (χ4v) is 2.85. The Hall–Kier alpha value is -1.96. The van der Waals surface area contributed by atoms with Crippen molar-refractivity contribution in [3.8, 4) is 11.5 Å². The Kier molecular flexibility index (Phi) is 7.36. The van der Waals surface area contributed by atoms with E-state index in [-0.39, 0.29) is 30.0 Å². The summed E-state index contributed by atoms with van der Waals surface area (Å²) in [5, 5.41) is 3.31. The van der Waals surface area contributed by atoms with E-state index in [2.05, 4.69) is 22.4 Å². The Morgan fingerprint density at radius 1 is 1.28 bits per heavy atom. The molecule has 0 aromatic heterocycles. The third-order valence-corrected chi connectivity index (χ3v) is 4.10. The van der Waals surface area contributed by atoms with Crippen molar-refractivity contribution in [3.05, 3.63) is 59.7 Å². The summed E-state index contributed by atoms with van der Waals surface area (Å²) in [6, 6.07) is 16.2. The summed E-state index contributed by atoms with van der Waals surface area (Å²) in [6.45, 7) is 1.32. The quantitative estimate of drug-likeness (QED) is 0.414. The number of ether oxygens (including phenoxy) is 2. The highest BCUT2D eigenvalue weighted by molar-refractivity contribution is 14.0. The number of hydrogen-bond donors (Lipinski definition) is 2. The lowest BCUT2D eigenvalue weighted by Crippen LogP contribution is -2.37. The van der Waals surface area contributed by atoms with Crippen LogP contribution in [0.1, 0.15) is 23.6 Å². The van der Waals surface area contributed by atoms with Gasteiger partial charge in [0.1, 0.15) is 11.5 Å². The zero-order valence-electron chi connectivity index (χ0n) is 14.3. The number of benzene rings is 2. The molecule has 3 N–H and O–H groups in total. The maximum atomic E-state index is 6.06. The molecule has 1 heterocycles. The standard InChI is InChI=1S/C19H23N3O2.HI/c1-23-15-6-4-5-14(13-15)9-11-21-19(20)22-17-10-12-24-18-8-3-2-7-16(17)18;/h2-8,13,17H,9-12H2,1H3,(H3,20,21,22);1H. The number of halogens is 1. The van der Waals surface area contributed by atoms with Crippen molar-refractivity contribution in [2.45, 2.75) is 18.9 Å². The van der Waals surface area contributed by atoms with Crippen molar-refractivity contribution >= 4 is 29.9 Å². The van der Waals surface area contributed by atoms with Gasteiger partial charge in [0.15, 0.2) is 5.96 Å². The normalized spacial score (nSPS) is 16.2. The molecule has 1 atom stereocenters. The molecule has 0 radical (unpaired) electrons. The van der Waals surface area contributed by atoms with Crippen LogP contribution in [-0.2, 0) is 6.42 Å². The van der Waals surface area contributed by atoms with Crippen molar-refractivity contribution in [2.75, 3.05) is 20.3 Å². The second-order valence-electron chi connectivity index (χ2n) is 5.74. The number of methoxy groups -OCH3 is 1. The summed E-state index contributed by atoms with van der Waals surface area (Å²) in [4.78, 5) is 4.44. The third kappa shape index (κ3) is 5.26. The largest absolute Gasteiger partial charge is 0.497 e.